The number of carbonyl (C=O) groups is 1. The lowest BCUT2D eigenvalue weighted by Crippen LogP contribution is -2.19. The van der Waals surface area contributed by atoms with Crippen LogP contribution in [0.4, 0.5) is 0 Å². The molecular formula is C13H14N2O2S. The molecule has 2 atom stereocenters. The Morgan fingerprint density at radius 1 is 1.50 bits per heavy atom. The molecule has 0 saturated heterocycles. The highest BCUT2D eigenvalue weighted by Crippen LogP contribution is 2.43. The average molecular weight is 262 g/mol. The summed E-state index contributed by atoms with van der Waals surface area (Å²) in [6.07, 6.45) is 1.97. The normalized spacial score (nSPS) is 26.1. The van der Waals surface area contributed by atoms with E-state index in [0.29, 0.717) is 5.17 Å². The fourth-order valence-corrected chi connectivity index (χ4v) is 3.70. The summed E-state index contributed by atoms with van der Waals surface area (Å²) in [5, 5.41) is 0.256. The zero-order valence-corrected chi connectivity index (χ0v) is 10.9. The average Bonchev–Trinajstić information content (AvgIpc) is 2.91. The monoisotopic (exact) mass is 262 g/mol. The lowest BCUT2D eigenvalue weighted by Gasteiger charge is -2.16. The molecule has 0 aromatic heterocycles. The lowest BCUT2D eigenvalue weighted by atomic mass is 9.97. The molecule has 1 aliphatic carbocycles. The van der Waals surface area contributed by atoms with Crippen LogP contribution in [0.1, 0.15) is 23.5 Å². The number of nitrogens with zero attached hydrogens (tertiary/aromatic N) is 1. The predicted molar refractivity (Wildman–Crippen MR) is 72.1 cm³/mol. The molecule has 2 N–H and O–H groups in total. The molecule has 0 saturated carbocycles. The molecule has 1 aromatic rings. The van der Waals surface area contributed by atoms with Crippen LogP contribution in [-0.4, -0.2) is 23.4 Å². The fraction of sp³-hybridized carbons (Fsp3) is 0.385. The van der Waals surface area contributed by atoms with Crippen molar-refractivity contribution in [1.29, 1.82) is 0 Å². The summed E-state index contributed by atoms with van der Waals surface area (Å²) in [6.45, 7) is 0. The van der Waals surface area contributed by atoms with E-state index in [2.05, 4.69) is 17.1 Å². The number of ether oxygens (including phenoxy) is 1. The van der Waals surface area contributed by atoms with Gasteiger partial charge in [0.05, 0.1) is 7.11 Å². The molecule has 18 heavy (non-hydrogen) atoms. The van der Waals surface area contributed by atoms with E-state index in [1.165, 1.54) is 22.9 Å². The Hall–Kier alpha value is -1.49. The summed E-state index contributed by atoms with van der Waals surface area (Å²) in [7, 11) is 1.67. The smallest absolute Gasteiger partial charge is 0.262 e. The van der Waals surface area contributed by atoms with Gasteiger partial charge < -0.3 is 10.5 Å². The zero-order chi connectivity index (χ0) is 12.7. The molecule has 94 valence electrons. The number of rotatable bonds is 2. The third kappa shape index (κ3) is 1.79. The van der Waals surface area contributed by atoms with Gasteiger partial charge in [-0.2, -0.15) is 4.99 Å². The molecule has 2 aliphatic rings. The molecule has 5 heteroatoms. The van der Waals surface area contributed by atoms with Crippen LogP contribution >= 0.6 is 11.8 Å². The molecule has 3 rings (SSSR count). The highest BCUT2D eigenvalue weighted by molar-refractivity contribution is 8.15. The lowest BCUT2D eigenvalue weighted by molar-refractivity contribution is -0.117. The summed E-state index contributed by atoms with van der Waals surface area (Å²) in [6, 6.07) is 6.07. The summed E-state index contributed by atoms with van der Waals surface area (Å²) in [5.41, 5.74) is 8.14. The molecule has 1 unspecified atom stereocenters. The van der Waals surface area contributed by atoms with Crippen LogP contribution in [0.5, 0.6) is 5.75 Å². The third-order valence-electron chi connectivity index (χ3n) is 3.55. The van der Waals surface area contributed by atoms with Crippen molar-refractivity contribution in [2.24, 2.45) is 10.7 Å². The Morgan fingerprint density at radius 3 is 3.00 bits per heavy atom. The minimum atomic E-state index is -0.139. The van der Waals surface area contributed by atoms with Gasteiger partial charge in [-0.3, -0.25) is 4.79 Å². The fourth-order valence-electron chi connectivity index (χ4n) is 2.70. The van der Waals surface area contributed by atoms with Crippen LogP contribution in [0.3, 0.4) is 0 Å². The largest absolute Gasteiger partial charge is 0.497 e. The van der Waals surface area contributed by atoms with Gasteiger partial charge >= 0.3 is 0 Å². The van der Waals surface area contributed by atoms with Gasteiger partial charge in [-0.1, -0.05) is 17.8 Å². The number of hydrogen-bond donors (Lipinski definition) is 1. The van der Waals surface area contributed by atoms with Crippen LogP contribution in [0, 0.1) is 0 Å². The Bertz CT molecular complexity index is 542. The zero-order valence-electron chi connectivity index (χ0n) is 10.1. The van der Waals surface area contributed by atoms with Crippen molar-refractivity contribution in [3.05, 3.63) is 29.3 Å². The van der Waals surface area contributed by atoms with Crippen molar-refractivity contribution in [3.63, 3.8) is 0 Å². The van der Waals surface area contributed by atoms with Gasteiger partial charge in [0.2, 0.25) is 0 Å². The first-order valence-corrected chi connectivity index (χ1v) is 6.78. The van der Waals surface area contributed by atoms with E-state index in [1.54, 1.807) is 7.11 Å². The molecule has 1 heterocycles. The van der Waals surface area contributed by atoms with Crippen LogP contribution in [0.15, 0.2) is 23.2 Å². The Balaban J connectivity index is 1.89. The topological polar surface area (TPSA) is 64.7 Å². The molecule has 1 aromatic carbocycles. The van der Waals surface area contributed by atoms with Crippen molar-refractivity contribution in [1.82, 2.24) is 0 Å². The van der Waals surface area contributed by atoms with Gasteiger partial charge in [-0.05, 0) is 36.1 Å². The number of benzene rings is 1. The molecule has 0 fully saturated rings. The van der Waals surface area contributed by atoms with E-state index >= 15 is 0 Å². The molecule has 1 aliphatic heterocycles. The molecule has 0 bridgehead atoms. The van der Waals surface area contributed by atoms with Gasteiger partial charge in [-0.25, -0.2) is 0 Å². The van der Waals surface area contributed by atoms with E-state index < -0.39 is 0 Å². The number of amidine groups is 1. The van der Waals surface area contributed by atoms with E-state index in [9.17, 15) is 4.79 Å². The van der Waals surface area contributed by atoms with Crippen LogP contribution in [0.25, 0.3) is 0 Å². The number of nitrogens with two attached hydrogens (primary N) is 1. The number of amides is 1. The van der Waals surface area contributed by atoms with E-state index in [4.69, 9.17) is 10.5 Å². The first-order valence-electron chi connectivity index (χ1n) is 5.90. The molecule has 0 radical (unpaired) electrons. The van der Waals surface area contributed by atoms with Crippen molar-refractivity contribution >= 4 is 22.8 Å². The summed E-state index contributed by atoms with van der Waals surface area (Å²) >= 11 is 1.39. The second-order valence-corrected chi connectivity index (χ2v) is 5.70. The first kappa shape index (κ1) is 11.6. The highest BCUT2D eigenvalue weighted by Gasteiger charge is 2.38. The summed E-state index contributed by atoms with van der Waals surface area (Å²) < 4.78 is 5.22. The quantitative estimate of drug-likeness (QED) is 0.880. The second kappa shape index (κ2) is 4.31. The summed E-state index contributed by atoms with van der Waals surface area (Å²) in [4.78, 5) is 15.6. The number of carbonyl (C=O) groups excluding carboxylic acids is 1. The maximum absolute atomic E-state index is 11.8. The van der Waals surface area contributed by atoms with E-state index in [1.807, 2.05) is 6.07 Å². The third-order valence-corrected chi connectivity index (χ3v) is 4.67. The predicted octanol–water partition coefficient (Wildman–Crippen LogP) is 1.68. The van der Waals surface area contributed by atoms with Crippen LogP contribution in [0.2, 0.25) is 0 Å². The van der Waals surface area contributed by atoms with Gasteiger partial charge in [0, 0.05) is 5.92 Å². The van der Waals surface area contributed by atoms with Gasteiger partial charge in [0.25, 0.3) is 5.91 Å². The SMILES string of the molecule is COc1ccc2c(c1)CC[C@H]2C1SC(N)=NC1=O. The van der Waals surface area contributed by atoms with Crippen molar-refractivity contribution in [3.8, 4) is 5.75 Å². The number of methoxy groups -OCH3 is 1. The van der Waals surface area contributed by atoms with Gasteiger partial charge in [0.1, 0.15) is 11.0 Å². The van der Waals surface area contributed by atoms with Crippen molar-refractivity contribution in [2.75, 3.05) is 7.11 Å². The van der Waals surface area contributed by atoms with Gasteiger partial charge in [-0.15, -0.1) is 0 Å². The Labute approximate surface area is 110 Å². The van der Waals surface area contributed by atoms with E-state index in [-0.39, 0.29) is 17.1 Å². The Morgan fingerprint density at radius 2 is 2.33 bits per heavy atom. The Kier molecular flexibility index (Phi) is 2.78. The minimum absolute atomic E-state index is 0.0915. The van der Waals surface area contributed by atoms with Gasteiger partial charge in [0.15, 0.2) is 5.17 Å². The number of aliphatic imine (C=N–C) groups is 1. The number of aryl methyl sites for hydroxylation is 1. The second-order valence-electron chi connectivity index (χ2n) is 4.54. The minimum Gasteiger partial charge on any atom is -0.497 e. The molecule has 0 spiro atoms. The van der Waals surface area contributed by atoms with Crippen LogP contribution < -0.4 is 10.5 Å². The number of hydrogen-bond acceptors (Lipinski definition) is 4. The highest BCUT2D eigenvalue weighted by atomic mass is 32.2. The maximum Gasteiger partial charge on any atom is 0.262 e. The number of thioether (sulfide) groups is 1. The van der Waals surface area contributed by atoms with Crippen LogP contribution in [-0.2, 0) is 11.2 Å². The first-order chi connectivity index (χ1) is 8.69. The molecule has 1 amide bonds. The number of fused-ring (bicyclic) bond motifs is 1. The standard InChI is InChI=1S/C13H14N2O2S/c1-17-8-3-5-9-7(6-8)2-4-10(9)11-12(16)15-13(14)18-11/h3,5-6,10-11H,2,4H2,1H3,(H2,14,15,16)/t10-,11?/m1/s1. The maximum atomic E-state index is 11.8. The molecular weight excluding hydrogens is 248 g/mol. The van der Waals surface area contributed by atoms with Crippen molar-refractivity contribution in [2.45, 2.75) is 24.0 Å². The molecule has 4 nitrogen and oxygen atoms in total. The summed E-state index contributed by atoms with van der Waals surface area (Å²) in [5.74, 6) is 1.01. The van der Waals surface area contributed by atoms with E-state index in [0.717, 1.165) is 18.6 Å². The van der Waals surface area contributed by atoms with Crippen molar-refractivity contribution < 1.29 is 9.53 Å².